The summed E-state index contributed by atoms with van der Waals surface area (Å²) in [4.78, 5) is 0. The minimum atomic E-state index is 0.220. The summed E-state index contributed by atoms with van der Waals surface area (Å²) < 4.78 is 0. The van der Waals surface area contributed by atoms with Gasteiger partial charge in [0.25, 0.3) is 0 Å². The molecule has 0 unspecified atom stereocenters. The lowest BCUT2D eigenvalue weighted by Crippen LogP contribution is -2.02. The van der Waals surface area contributed by atoms with Crippen LogP contribution >= 0.6 is 11.6 Å². The predicted molar refractivity (Wildman–Crippen MR) is 49.8 cm³/mol. The molecular formula is C10H11ClO. The molecule has 2 rings (SSSR count). The molecule has 0 saturated heterocycles. The van der Waals surface area contributed by atoms with Gasteiger partial charge in [-0.05, 0) is 42.9 Å². The van der Waals surface area contributed by atoms with E-state index in [9.17, 15) is 5.11 Å². The Morgan fingerprint density at radius 3 is 2.75 bits per heavy atom. The predicted octanol–water partition coefficient (Wildman–Crippen LogP) is 2.92. The molecule has 2 heteroatoms. The smallest absolute Gasteiger partial charge is 0.134 e. The highest BCUT2D eigenvalue weighted by Crippen LogP contribution is 2.33. The van der Waals surface area contributed by atoms with Gasteiger partial charge in [-0.25, -0.2) is 0 Å². The fourth-order valence-corrected chi connectivity index (χ4v) is 2.05. The molecular weight excluding hydrogens is 172 g/mol. The zero-order chi connectivity index (χ0) is 8.55. The van der Waals surface area contributed by atoms with Crippen molar-refractivity contribution < 1.29 is 5.11 Å². The number of aryl methyl sites for hydroxylation is 1. The standard InChI is InChI=1S/C10H11ClO/c11-10-8-4-2-1-3-7(8)5-6-9(10)12/h5-6,12H,1-4H2. The number of aromatic hydroxyl groups is 1. The molecule has 64 valence electrons. The second-order valence-corrected chi connectivity index (χ2v) is 3.62. The van der Waals surface area contributed by atoms with Gasteiger partial charge in [-0.2, -0.15) is 0 Å². The van der Waals surface area contributed by atoms with Crippen molar-refractivity contribution in [2.45, 2.75) is 25.7 Å². The van der Waals surface area contributed by atoms with Crippen molar-refractivity contribution >= 4 is 11.6 Å². The number of benzene rings is 1. The number of phenols is 1. The van der Waals surface area contributed by atoms with Gasteiger partial charge in [0.2, 0.25) is 0 Å². The van der Waals surface area contributed by atoms with E-state index in [1.54, 1.807) is 6.07 Å². The molecule has 0 radical (unpaired) electrons. The molecule has 0 heterocycles. The minimum Gasteiger partial charge on any atom is -0.506 e. The quantitative estimate of drug-likeness (QED) is 0.654. The van der Waals surface area contributed by atoms with Crippen LogP contribution in [0.2, 0.25) is 5.02 Å². The lowest BCUT2D eigenvalue weighted by molar-refractivity contribution is 0.473. The Hall–Kier alpha value is -0.690. The molecule has 0 aliphatic heterocycles. The van der Waals surface area contributed by atoms with E-state index >= 15 is 0 Å². The fraction of sp³-hybridized carbons (Fsp3) is 0.400. The van der Waals surface area contributed by atoms with Crippen LogP contribution in [0.15, 0.2) is 12.1 Å². The largest absolute Gasteiger partial charge is 0.506 e. The maximum Gasteiger partial charge on any atom is 0.134 e. The maximum atomic E-state index is 9.34. The lowest BCUT2D eigenvalue weighted by Gasteiger charge is -2.17. The molecule has 1 aromatic carbocycles. The Morgan fingerprint density at radius 1 is 1.17 bits per heavy atom. The molecule has 12 heavy (non-hydrogen) atoms. The Morgan fingerprint density at radius 2 is 1.92 bits per heavy atom. The highest BCUT2D eigenvalue weighted by atomic mass is 35.5. The number of hydrogen-bond donors (Lipinski definition) is 1. The highest BCUT2D eigenvalue weighted by Gasteiger charge is 2.14. The average molecular weight is 183 g/mol. The van der Waals surface area contributed by atoms with Crippen molar-refractivity contribution in [1.29, 1.82) is 0 Å². The van der Waals surface area contributed by atoms with Gasteiger partial charge < -0.3 is 5.11 Å². The van der Waals surface area contributed by atoms with Crippen LogP contribution in [-0.2, 0) is 12.8 Å². The van der Waals surface area contributed by atoms with Crippen LogP contribution in [0, 0.1) is 0 Å². The lowest BCUT2D eigenvalue weighted by atomic mass is 9.91. The maximum absolute atomic E-state index is 9.34. The van der Waals surface area contributed by atoms with Crippen LogP contribution in [0.5, 0.6) is 5.75 Å². The SMILES string of the molecule is Oc1ccc2c(c1Cl)CCCC2. The third-order valence-corrected chi connectivity index (χ3v) is 2.86. The van der Waals surface area contributed by atoms with Gasteiger partial charge >= 0.3 is 0 Å². The number of rotatable bonds is 0. The fourth-order valence-electron chi connectivity index (χ4n) is 1.77. The summed E-state index contributed by atoms with van der Waals surface area (Å²) >= 11 is 5.96. The summed E-state index contributed by atoms with van der Waals surface area (Å²) in [7, 11) is 0. The molecule has 1 aromatic rings. The van der Waals surface area contributed by atoms with E-state index in [1.807, 2.05) is 6.07 Å². The first-order valence-corrected chi connectivity index (χ1v) is 4.66. The second kappa shape index (κ2) is 2.98. The van der Waals surface area contributed by atoms with E-state index in [0.29, 0.717) is 5.02 Å². The van der Waals surface area contributed by atoms with Gasteiger partial charge in [0.1, 0.15) is 5.75 Å². The van der Waals surface area contributed by atoms with Crippen LogP contribution in [0.3, 0.4) is 0 Å². The molecule has 0 atom stereocenters. The summed E-state index contributed by atoms with van der Waals surface area (Å²) in [6.07, 6.45) is 4.56. The third-order valence-electron chi connectivity index (χ3n) is 2.44. The molecule has 0 amide bonds. The summed E-state index contributed by atoms with van der Waals surface area (Å²) in [6, 6.07) is 3.67. The monoisotopic (exact) mass is 182 g/mol. The first-order valence-electron chi connectivity index (χ1n) is 4.28. The Labute approximate surface area is 77.0 Å². The van der Waals surface area contributed by atoms with Crippen LogP contribution in [-0.4, -0.2) is 5.11 Å². The van der Waals surface area contributed by atoms with Crippen LogP contribution in [0.25, 0.3) is 0 Å². The van der Waals surface area contributed by atoms with Crippen molar-refractivity contribution in [3.05, 3.63) is 28.3 Å². The number of hydrogen-bond acceptors (Lipinski definition) is 1. The van der Waals surface area contributed by atoms with E-state index in [2.05, 4.69) is 0 Å². The zero-order valence-corrected chi connectivity index (χ0v) is 7.56. The first-order chi connectivity index (χ1) is 5.79. The van der Waals surface area contributed by atoms with Gasteiger partial charge in [-0.15, -0.1) is 0 Å². The van der Waals surface area contributed by atoms with Gasteiger partial charge in [0.05, 0.1) is 5.02 Å². The van der Waals surface area contributed by atoms with E-state index in [0.717, 1.165) is 18.4 Å². The van der Waals surface area contributed by atoms with Gasteiger partial charge in [-0.3, -0.25) is 0 Å². The zero-order valence-electron chi connectivity index (χ0n) is 6.81. The van der Waals surface area contributed by atoms with Crippen molar-refractivity contribution in [3.63, 3.8) is 0 Å². The molecule has 1 aliphatic rings. The average Bonchev–Trinajstić information content (AvgIpc) is 2.12. The number of halogens is 1. The summed E-state index contributed by atoms with van der Waals surface area (Å²) in [5, 5.41) is 9.91. The van der Waals surface area contributed by atoms with E-state index in [-0.39, 0.29) is 5.75 Å². The molecule has 0 spiro atoms. The van der Waals surface area contributed by atoms with E-state index < -0.39 is 0 Å². The normalized spacial score (nSPS) is 15.8. The number of fused-ring (bicyclic) bond motifs is 1. The van der Waals surface area contributed by atoms with Crippen molar-refractivity contribution in [2.24, 2.45) is 0 Å². The van der Waals surface area contributed by atoms with Crippen LogP contribution in [0.4, 0.5) is 0 Å². The molecule has 0 saturated carbocycles. The number of phenolic OH excluding ortho intramolecular Hbond substituents is 1. The van der Waals surface area contributed by atoms with Crippen molar-refractivity contribution in [2.75, 3.05) is 0 Å². The molecule has 0 aromatic heterocycles. The van der Waals surface area contributed by atoms with Crippen molar-refractivity contribution in [1.82, 2.24) is 0 Å². The van der Waals surface area contributed by atoms with E-state index in [1.165, 1.54) is 18.4 Å². The molecule has 1 nitrogen and oxygen atoms in total. The molecule has 0 bridgehead atoms. The van der Waals surface area contributed by atoms with Gasteiger partial charge in [0, 0.05) is 0 Å². The van der Waals surface area contributed by atoms with E-state index in [4.69, 9.17) is 11.6 Å². The topological polar surface area (TPSA) is 20.2 Å². The van der Waals surface area contributed by atoms with Gasteiger partial charge in [-0.1, -0.05) is 17.7 Å². The Bertz CT molecular complexity index is 307. The highest BCUT2D eigenvalue weighted by molar-refractivity contribution is 6.32. The summed E-state index contributed by atoms with van der Waals surface area (Å²) in [6.45, 7) is 0. The van der Waals surface area contributed by atoms with Crippen molar-refractivity contribution in [3.8, 4) is 5.75 Å². The molecule has 1 aliphatic carbocycles. The Kier molecular flexibility index (Phi) is 1.97. The molecule has 0 fully saturated rings. The van der Waals surface area contributed by atoms with Crippen LogP contribution in [0.1, 0.15) is 24.0 Å². The first kappa shape index (κ1) is 7.93. The third kappa shape index (κ3) is 1.18. The second-order valence-electron chi connectivity index (χ2n) is 3.24. The minimum absolute atomic E-state index is 0.220. The van der Waals surface area contributed by atoms with Gasteiger partial charge in [0.15, 0.2) is 0 Å². The van der Waals surface area contributed by atoms with Crippen LogP contribution < -0.4 is 0 Å². The summed E-state index contributed by atoms with van der Waals surface area (Å²) in [5.74, 6) is 0.220. The summed E-state index contributed by atoms with van der Waals surface area (Å²) in [5.41, 5.74) is 2.46. The Balaban J connectivity index is 2.54. The molecule has 1 N–H and O–H groups in total.